The molecule has 0 heterocycles. The summed E-state index contributed by atoms with van der Waals surface area (Å²) in [5.74, 6) is 0.413. The van der Waals surface area contributed by atoms with E-state index in [9.17, 15) is 13.2 Å². The lowest BCUT2D eigenvalue weighted by molar-refractivity contribution is -0.136. The van der Waals surface area contributed by atoms with Crippen molar-refractivity contribution in [2.45, 2.75) is 18.4 Å². The van der Waals surface area contributed by atoms with Crippen molar-refractivity contribution in [3.05, 3.63) is 23.8 Å². The first-order valence-corrected chi connectivity index (χ1v) is 7.57. The van der Waals surface area contributed by atoms with E-state index in [2.05, 4.69) is 4.72 Å². The van der Waals surface area contributed by atoms with Gasteiger partial charge in [-0.1, -0.05) is 6.07 Å². The van der Waals surface area contributed by atoms with Gasteiger partial charge in [0.2, 0.25) is 10.0 Å². The van der Waals surface area contributed by atoms with E-state index in [1.165, 1.54) is 7.11 Å². The van der Waals surface area contributed by atoms with Gasteiger partial charge in [-0.2, -0.15) is 0 Å². The quantitative estimate of drug-likeness (QED) is 0.795. The zero-order valence-corrected chi connectivity index (χ0v) is 11.5. The molecule has 1 saturated carbocycles. The van der Waals surface area contributed by atoms with Crippen molar-refractivity contribution in [3.8, 4) is 5.75 Å². The Kier molecular flexibility index (Phi) is 3.40. The lowest BCUT2D eigenvalue weighted by Crippen LogP contribution is -2.14. The van der Waals surface area contributed by atoms with Gasteiger partial charge in [-0.15, -0.1) is 0 Å². The molecule has 1 aromatic rings. The van der Waals surface area contributed by atoms with E-state index in [-0.39, 0.29) is 0 Å². The zero-order valence-electron chi connectivity index (χ0n) is 10.7. The van der Waals surface area contributed by atoms with Gasteiger partial charge in [0.15, 0.2) is 0 Å². The molecular formula is C12H15NO5S. The number of hydrogen-bond acceptors (Lipinski definition) is 5. The number of sulfonamides is 1. The van der Waals surface area contributed by atoms with Crippen LogP contribution in [0.5, 0.6) is 5.75 Å². The molecule has 2 rings (SSSR count). The van der Waals surface area contributed by atoms with Gasteiger partial charge in [0.25, 0.3) is 6.47 Å². The van der Waals surface area contributed by atoms with Gasteiger partial charge in [0.05, 0.1) is 19.1 Å². The van der Waals surface area contributed by atoms with E-state index >= 15 is 0 Å². The third-order valence-electron chi connectivity index (χ3n) is 3.00. The third-order valence-corrected chi connectivity index (χ3v) is 3.59. The molecule has 0 aliphatic heterocycles. The number of anilines is 1. The van der Waals surface area contributed by atoms with Crippen LogP contribution >= 0.6 is 0 Å². The van der Waals surface area contributed by atoms with Crippen molar-refractivity contribution < 1.29 is 22.7 Å². The average Bonchev–Trinajstić information content (AvgIpc) is 3.08. The molecule has 6 nitrogen and oxygen atoms in total. The predicted molar refractivity (Wildman–Crippen MR) is 69.5 cm³/mol. The number of carbonyl (C=O) groups is 1. The second-order valence-electron chi connectivity index (χ2n) is 4.50. The number of ether oxygens (including phenoxy) is 2. The van der Waals surface area contributed by atoms with E-state index in [0.717, 1.165) is 24.7 Å². The summed E-state index contributed by atoms with van der Waals surface area (Å²) in [6.07, 6.45) is 2.53. The molecule has 0 amide bonds. The van der Waals surface area contributed by atoms with Crippen LogP contribution < -0.4 is 9.46 Å². The molecule has 0 aromatic heterocycles. The van der Waals surface area contributed by atoms with Crippen molar-refractivity contribution in [2.75, 3.05) is 18.1 Å². The Morgan fingerprint density at radius 3 is 2.53 bits per heavy atom. The SMILES string of the molecule is COc1ccc(C2(OC=O)CC2)cc1NS(C)(=O)=O. The van der Waals surface area contributed by atoms with Gasteiger partial charge in [-0.05, 0) is 30.5 Å². The summed E-state index contributed by atoms with van der Waals surface area (Å²) in [7, 11) is -1.95. The highest BCUT2D eigenvalue weighted by Crippen LogP contribution is 2.50. The van der Waals surface area contributed by atoms with Crippen molar-refractivity contribution in [1.29, 1.82) is 0 Å². The van der Waals surface area contributed by atoms with Crippen LogP contribution in [0.2, 0.25) is 0 Å². The first kappa shape index (κ1) is 13.7. The summed E-state index contributed by atoms with van der Waals surface area (Å²) in [4.78, 5) is 10.5. The molecule has 0 bridgehead atoms. The van der Waals surface area contributed by atoms with Crippen LogP contribution in [0.15, 0.2) is 18.2 Å². The van der Waals surface area contributed by atoms with Crippen molar-refractivity contribution in [1.82, 2.24) is 0 Å². The summed E-state index contributed by atoms with van der Waals surface area (Å²) in [6, 6.07) is 5.05. The smallest absolute Gasteiger partial charge is 0.293 e. The zero-order chi connectivity index (χ0) is 14.1. The maximum Gasteiger partial charge on any atom is 0.293 e. The van der Waals surface area contributed by atoms with Gasteiger partial charge in [-0.25, -0.2) is 8.42 Å². The molecule has 0 unspecified atom stereocenters. The Bertz CT molecular complexity index is 592. The minimum atomic E-state index is -3.40. The molecule has 1 fully saturated rings. The number of benzene rings is 1. The fourth-order valence-electron chi connectivity index (χ4n) is 1.95. The lowest BCUT2D eigenvalue weighted by atomic mass is 10.1. The monoisotopic (exact) mass is 285 g/mol. The number of carbonyl (C=O) groups excluding carboxylic acids is 1. The topological polar surface area (TPSA) is 81.7 Å². The molecule has 0 radical (unpaired) electrons. The number of rotatable bonds is 6. The van der Waals surface area contributed by atoms with Gasteiger partial charge < -0.3 is 9.47 Å². The molecular weight excluding hydrogens is 270 g/mol. The second-order valence-corrected chi connectivity index (χ2v) is 6.25. The highest BCUT2D eigenvalue weighted by Gasteiger charge is 2.47. The van der Waals surface area contributed by atoms with Crippen molar-refractivity contribution in [2.24, 2.45) is 0 Å². The van der Waals surface area contributed by atoms with Crippen LogP contribution in [-0.4, -0.2) is 28.3 Å². The molecule has 0 saturated heterocycles. The van der Waals surface area contributed by atoms with Crippen LogP contribution in [0.3, 0.4) is 0 Å². The minimum absolute atomic E-state index is 0.336. The van der Waals surface area contributed by atoms with Crippen molar-refractivity contribution >= 4 is 22.2 Å². The van der Waals surface area contributed by atoms with Crippen LogP contribution in [0.4, 0.5) is 5.69 Å². The maximum atomic E-state index is 11.3. The Balaban J connectivity index is 2.38. The van der Waals surface area contributed by atoms with Gasteiger partial charge >= 0.3 is 0 Å². The largest absolute Gasteiger partial charge is 0.495 e. The fourth-order valence-corrected chi connectivity index (χ4v) is 2.51. The van der Waals surface area contributed by atoms with Crippen LogP contribution in [0.1, 0.15) is 18.4 Å². The summed E-state index contributed by atoms with van der Waals surface area (Å²) in [6.45, 7) is 0.418. The summed E-state index contributed by atoms with van der Waals surface area (Å²) >= 11 is 0. The van der Waals surface area contributed by atoms with Crippen LogP contribution in [0, 0.1) is 0 Å². The standard InChI is InChI=1S/C12H15NO5S/c1-17-11-4-3-9(12(5-6-12)18-8-14)7-10(11)13-19(2,15)16/h3-4,7-8,13H,5-6H2,1-2H3. The third kappa shape index (κ3) is 2.98. The molecule has 1 aromatic carbocycles. The predicted octanol–water partition coefficient (Wildman–Crippen LogP) is 1.23. The van der Waals surface area contributed by atoms with E-state index in [4.69, 9.17) is 9.47 Å². The molecule has 1 aliphatic rings. The van der Waals surface area contributed by atoms with E-state index in [1.54, 1.807) is 18.2 Å². The Morgan fingerprint density at radius 2 is 2.05 bits per heavy atom. The highest BCUT2D eigenvalue weighted by molar-refractivity contribution is 7.92. The molecule has 1 aliphatic carbocycles. The number of methoxy groups -OCH3 is 1. The summed E-state index contributed by atoms with van der Waals surface area (Å²) < 4.78 is 35.2. The second kappa shape index (κ2) is 4.73. The molecule has 0 atom stereocenters. The van der Waals surface area contributed by atoms with Crippen molar-refractivity contribution in [3.63, 3.8) is 0 Å². The summed E-state index contributed by atoms with van der Waals surface area (Å²) in [5.41, 5.74) is 0.483. The number of hydrogen-bond donors (Lipinski definition) is 1. The molecule has 1 N–H and O–H groups in total. The minimum Gasteiger partial charge on any atom is -0.495 e. The summed E-state index contributed by atoms with van der Waals surface area (Å²) in [5, 5.41) is 0. The van der Waals surface area contributed by atoms with Gasteiger partial charge in [-0.3, -0.25) is 9.52 Å². The lowest BCUT2D eigenvalue weighted by Gasteiger charge is -2.17. The molecule has 104 valence electrons. The number of nitrogens with one attached hydrogen (secondary N) is 1. The van der Waals surface area contributed by atoms with E-state index < -0.39 is 15.6 Å². The Morgan fingerprint density at radius 1 is 1.37 bits per heavy atom. The van der Waals surface area contributed by atoms with Crippen LogP contribution in [0.25, 0.3) is 0 Å². The Hall–Kier alpha value is -1.76. The first-order valence-electron chi connectivity index (χ1n) is 5.68. The van der Waals surface area contributed by atoms with E-state index in [0.29, 0.717) is 17.9 Å². The van der Waals surface area contributed by atoms with E-state index in [1.807, 2.05) is 0 Å². The van der Waals surface area contributed by atoms with Gasteiger partial charge in [0.1, 0.15) is 11.4 Å². The van der Waals surface area contributed by atoms with Gasteiger partial charge in [0, 0.05) is 0 Å². The van der Waals surface area contributed by atoms with Crippen LogP contribution in [-0.2, 0) is 25.2 Å². The molecule has 19 heavy (non-hydrogen) atoms. The maximum absolute atomic E-state index is 11.3. The average molecular weight is 285 g/mol. The fraction of sp³-hybridized carbons (Fsp3) is 0.417. The highest BCUT2D eigenvalue weighted by atomic mass is 32.2. The normalized spacial score (nSPS) is 16.5. The first-order chi connectivity index (χ1) is 8.90. The Labute approximate surface area is 111 Å². The molecule has 7 heteroatoms. The molecule has 0 spiro atoms.